The number of anilines is 2. The molecule has 2 rings (SSSR count). The number of hydrogen-bond donors (Lipinski definition) is 2. The summed E-state index contributed by atoms with van der Waals surface area (Å²) < 4.78 is 0. The van der Waals surface area contributed by atoms with Crippen LogP contribution >= 0.6 is 22.7 Å². The van der Waals surface area contributed by atoms with Gasteiger partial charge < -0.3 is 10.6 Å². The number of nitrogens with one attached hydrogen (secondary N) is 2. The van der Waals surface area contributed by atoms with E-state index in [-0.39, 0.29) is 5.91 Å². The Morgan fingerprint density at radius 2 is 2.38 bits per heavy atom. The molecule has 0 saturated heterocycles. The highest BCUT2D eigenvalue weighted by Gasteiger charge is 2.12. The number of carbonyl (C=O) groups excluding carboxylic acids is 1. The third kappa shape index (κ3) is 2.56. The van der Waals surface area contributed by atoms with Crippen molar-refractivity contribution in [2.75, 3.05) is 17.2 Å². The van der Waals surface area contributed by atoms with Crippen molar-refractivity contribution in [1.82, 2.24) is 10.2 Å². The zero-order chi connectivity index (χ0) is 11.4. The van der Waals surface area contributed by atoms with Crippen molar-refractivity contribution < 1.29 is 4.79 Å². The van der Waals surface area contributed by atoms with Gasteiger partial charge in [0.1, 0.15) is 0 Å². The molecule has 0 aliphatic carbocycles. The SMILES string of the molecule is CCNc1nnc(C(=O)Nc2ccsc2)s1. The molecule has 2 N–H and O–H groups in total. The minimum absolute atomic E-state index is 0.222. The Morgan fingerprint density at radius 1 is 1.50 bits per heavy atom. The van der Waals surface area contributed by atoms with E-state index < -0.39 is 0 Å². The average molecular weight is 254 g/mol. The molecular formula is C9H10N4OS2. The molecule has 1 amide bonds. The molecule has 0 aliphatic rings. The highest BCUT2D eigenvalue weighted by molar-refractivity contribution is 7.17. The Morgan fingerprint density at radius 3 is 3.06 bits per heavy atom. The van der Waals surface area contributed by atoms with Crippen LogP contribution in [-0.2, 0) is 0 Å². The Hall–Kier alpha value is -1.47. The Kier molecular flexibility index (Phi) is 3.47. The van der Waals surface area contributed by atoms with E-state index in [1.165, 1.54) is 22.7 Å². The van der Waals surface area contributed by atoms with Crippen molar-refractivity contribution in [2.45, 2.75) is 6.92 Å². The first-order valence-electron chi connectivity index (χ1n) is 4.70. The molecule has 0 unspecified atom stereocenters. The fourth-order valence-corrected chi connectivity index (χ4v) is 2.35. The number of nitrogens with zero attached hydrogens (tertiary/aromatic N) is 2. The second-order valence-corrected chi connectivity index (χ2v) is 4.67. The van der Waals surface area contributed by atoms with E-state index in [1.54, 1.807) is 0 Å². The molecule has 5 nitrogen and oxygen atoms in total. The molecule has 0 aliphatic heterocycles. The molecule has 7 heteroatoms. The summed E-state index contributed by atoms with van der Waals surface area (Å²) in [4.78, 5) is 11.7. The van der Waals surface area contributed by atoms with Crippen molar-refractivity contribution in [3.8, 4) is 0 Å². The minimum Gasteiger partial charge on any atom is -0.360 e. The van der Waals surface area contributed by atoms with Crippen molar-refractivity contribution in [3.05, 3.63) is 21.8 Å². The van der Waals surface area contributed by atoms with Crippen molar-refractivity contribution in [2.24, 2.45) is 0 Å². The van der Waals surface area contributed by atoms with Crippen LogP contribution in [0.1, 0.15) is 16.7 Å². The van der Waals surface area contributed by atoms with Gasteiger partial charge in [0.05, 0.1) is 5.69 Å². The number of carbonyl (C=O) groups is 1. The van der Waals surface area contributed by atoms with Crippen LogP contribution in [0.4, 0.5) is 10.8 Å². The summed E-state index contributed by atoms with van der Waals surface area (Å²) in [6, 6.07) is 1.84. The van der Waals surface area contributed by atoms with Gasteiger partial charge in [-0.15, -0.1) is 10.2 Å². The largest absolute Gasteiger partial charge is 0.360 e. The summed E-state index contributed by atoms with van der Waals surface area (Å²) >= 11 is 2.78. The number of hydrogen-bond acceptors (Lipinski definition) is 6. The highest BCUT2D eigenvalue weighted by atomic mass is 32.1. The molecule has 0 atom stereocenters. The van der Waals surface area contributed by atoms with Gasteiger partial charge in [-0.25, -0.2) is 0 Å². The van der Waals surface area contributed by atoms with Crippen LogP contribution in [0.2, 0.25) is 0 Å². The summed E-state index contributed by atoms with van der Waals surface area (Å²) in [7, 11) is 0. The van der Waals surface area contributed by atoms with Gasteiger partial charge in [-0.05, 0) is 18.4 Å². The lowest BCUT2D eigenvalue weighted by atomic mass is 10.5. The quantitative estimate of drug-likeness (QED) is 0.878. The van der Waals surface area contributed by atoms with Crippen molar-refractivity contribution in [1.29, 1.82) is 0 Å². The molecule has 2 aromatic rings. The number of aromatic nitrogens is 2. The fraction of sp³-hybridized carbons (Fsp3) is 0.222. The van der Waals surface area contributed by atoms with Crippen molar-refractivity contribution >= 4 is 39.4 Å². The Balaban J connectivity index is 2.03. The van der Waals surface area contributed by atoms with Crippen LogP contribution in [0.3, 0.4) is 0 Å². The predicted octanol–water partition coefficient (Wildman–Crippen LogP) is 2.28. The lowest BCUT2D eigenvalue weighted by Crippen LogP contribution is -2.10. The first-order chi connectivity index (χ1) is 7.79. The lowest BCUT2D eigenvalue weighted by Gasteiger charge is -1.97. The van der Waals surface area contributed by atoms with Gasteiger partial charge in [0.25, 0.3) is 5.91 Å². The van der Waals surface area contributed by atoms with E-state index in [0.717, 1.165) is 12.2 Å². The highest BCUT2D eigenvalue weighted by Crippen LogP contribution is 2.17. The molecule has 0 radical (unpaired) electrons. The van der Waals surface area contributed by atoms with Crippen molar-refractivity contribution in [3.63, 3.8) is 0 Å². The van der Waals surface area contributed by atoms with Gasteiger partial charge in [-0.2, -0.15) is 11.3 Å². The number of rotatable bonds is 4. The lowest BCUT2D eigenvalue weighted by molar-refractivity contribution is 0.102. The molecule has 2 aromatic heterocycles. The van der Waals surface area contributed by atoms with Crippen LogP contribution < -0.4 is 10.6 Å². The summed E-state index contributed by atoms with van der Waals surface area (Å²) in [5, 5.41) is 18.2. The molecule has 2 heterocycles. The van der Waals surface area contributed by atoms with Gasteiger partial charge in [0.15, 0.2) is 0 Å². The van der Waals surface area contributed by atoms with Crippen LogP contribution in [0, 0.1) is 0 Å². The normalized spacial score (nSPS) is 10.1. The van der Waals surface area contributed by atoms with E-state index in [9.17, 15) is 4.79 Å². The predicted molar refractivity (Wildman–Crippen MR) is 66.3 cm³/mol. The summed E-state index contributed by atoms with van der Waals surface area (Å²) in [5.74, 6) is -0.222. The monoisotopic (exact) mass is 254 g/mol. The topological polar surface area (TPSA) is 66.9 Å². The molecule has 0 fully saturated rings. The third-order valence-electron chi connectivity index (χ3n) is 1.73. The maximum absolute atomic E-state index is 11.7. The van der Waals surface area contributed by atoms with E-state index in [4.69, 9.17) is 0 Å². The van der Waals surface area contributed by atoms with Gasteiger partial charge in [0, 0.05) is 11.9 Å². The van der Waals surface area contributed by atoms with Crippen LogP contribution in [-0.4, -0.2) is 22.6 Å². The summed E-state index contributed by atoms with van der Waals surface area (Å²) in [5.41, 5.74) is 0.787. The van der Waals surface area contributed by atoms with Gasteiger partial charge >= 0.3 is 0 Å². The maximum atomic E-state index is 11.7. The first kappa shape index (κ1) is 11.0. The zero-order valence-electron chi connectivity index (χ0n) is 8.56. The molecule has 0 saturated carbocycles. The summed E-state index contributed by atoms with van der Waals surface area (Å²) in [6.07, 6.45) is 0. The minimum atomic E-state index is -0.222. The third-order valence-corrected chi connectivity index (χ3v) is 3.29. The second-order valence-electron chi connectivity index (χ2n) is 2.91. The standard InChI is InChI=1S/C9H10N4OS2/c1-2-10-9-13-12-8(16-9)7(14)11-6-3-4-15-5-6/h3-5H,2H2,1H3,(H,10,13)(H,11,14). The van der Waals surface area contributed by atoms with E-state index >= 15 is 0 Å². The Bertz CT molecular complexity index is 466. The number of amides is 1. The van der Waals surface area contributed by atoms with Crippen LogP contribution in [0.25, 0.3) is 0 Å². The molecule has 0 bridgehead atoms. The van der Waals surface area contributed by atoms with Gasteiger partial charge in [0.2, 0.25) is 10.1 Å². The molecule has 16 heavy (non-hydrogen) atoms. The fourth-order valence-electron chi connectivity index (χ4n) is 1.06. The molecule has 0 aromatic carbocycles. The maximum Gasteiger partial charge on any atom is 0.286 e. The van der Waals surface area contributed by atoms with E-state index in [2.05, 4.69) is 20.8 Å². The van der Waals surface area contributed by atoms with E-state index in [1.807, 2.05) is 23.8 Å². The van der Waals surface area contributed by atoms with E-state index in [0.29, 0.717) is 10.1 Å². The Labute approximate surface area is 101 Å². The smallest absolute Gasteiger partial charge is 0.286 e. The zero-order valence-corrected chi connectivity index (χ0v) is 10.2. The van der Waals surface area contributed by atoms with Crippen LogP contribution in [0.15, 0.2) is 16.8 Å². The molecule has 0 spiro atoms. The summed E-state index contributed by atoms with van der Waals surface area (Å²) in [6.45, 7) is 2.73. The first-order valence-corrected chi connectivity index (χ1v) is 6.46. The van der Waals surface area contributed by atoms with Crippen LogP contribution in [0.5, 0.6) is 0 Å². The number of thiophene rings is 1. The van der Waals surface area contributed by atoms with Gasteiger partial charge in [-0.3, -0.25) is 4.79 Å². The average Bonchev–Trinajstić information content (AvgIpc) is 2.89. The second kappa shape index (κ2) is 5.04. The molecular weight excluding hydrogens is 244 g/mol. The molecule has 84 valence electrons. The van der Waals surface area contributed by atoms with Gasteiger partial charge in [-0.1, -0.05) is 11.3 Å².